The zero-order valence-corrected chi connectivity index (χ0v) is 16.5. The minimum Gasteiger partial charge on any atom is -0.337 e. The van der Waals surface area contributed by atoms with Gasteiger partial charge in [0, 0.05) is 18.2 Å². The summed E-state index contributed by atoms with van der Waals surface area (Å²) < 4.78 is 27.1. The van der Waals surface area contributed by atoms with Gasteiger partial charge in [-0.05, 0) is 43.1 Å². The van der Waals surface area contributed by atoms with E-state index in [1.54, 1.807) is 0 Å². The van der Waals surface area contributed by atoms with E-state index >= 15 is 0 Å². The quantitative estimate of drug-likeness (QED) is 0.683. The number of halogens is 2. The molecule has 144 valence electrons. The summed E-state index contributed by atoms with van der Waals surface area (Å²) in [7, 11) is 0. The first-order chi connectivity index (χ1) is 12.6. The van der Waals surface area contributed by atoms with Crippen molar-refractivity contribution in [1.82, 2.24) is 9.97 Å². The van der Waals surface area contributed by atoms with Crippen molar-refractivity contribution in [3.05, 3.63) is 41.6 Å². The summed E-state index contributed by atoms with van der Waals surface area (Å²) >= 11 is 0. The van der Waals surface area contributed by atoms with Crippen LogP contribution in [0.25, 0.3) is 11.3 Å². The van der Waals surface area contributed by atoms with Crippen molar-refractivity contribution >= 4 is 5.95 Å². The van der Waals surface area contributed by atoms with Crippen molar-refractivity contribution < 1.29 is 8.78 Å². The molecule has 2 heterocycles. The second-order valence-corrected chi connectivity index (χ2v) is 9.49. The molecule has 0 radical (unpaired) electrons. The first kappa shape index (κ1) is 18.3. The minimum atomic E-state index is -2.61. The Kier molecular flexibility index (Phi) is 4.24. The highest BCUT2D eigenvalue weighted by Crippen LogP contribution is 2.53. The van der Waals surface area contributed by atoms with Gasteiger partial charge < -0.3 is 4.90 Å². The van der Waals surface area contributed by atoms with Crippen LogP contribution >= 0.6 is 0 Å². The fourth-order valence-corrected chi connectivity index (χ4v) is 5.26. The van der Waals surface area contributed by atoms with Crippen LogP contribution in [0.1, 0.15) is 57.7 Å². The van der Waals surface area contributed by atoms with Crippen molar-refractivity contribution in [3.8, 4) is 11.3 Å². The number of benzene rings is 1. The fourth-order valence-electron chi connectivity index (χ4n) is 5.26. The molecule has 1 aromatic carbocycles. The standard InChI is InChI=1S/C22H27F2N3/c1-14-5-7-15(8-6-14)17-9-18(19(23)24)26-20(25-17)27-13-22(4)11-16(27)10-21(2,3)12-22/h5-9,16,19H,10-13H2,1-4H3/t16-,22-/m0/s1. The predicted molar refractivity (Wildman–Crippen MR) is 104 cm³/mol. The monoisotopic (exact) mass is 371 g/mol. The van der Waals surface area contributed by atoms with Crippen molar-refractivity contribution in [2.75, 3.05) is 11.4 Å². The maximum atomic E-state index is 13.6. The number of hydrogen-bond donors (Lipinski definition) is 0. The summed E-state index contributed by atoms with van der Waals surface area (Å²) in [5, 5.41) is 0. The van der Waals surface area contributed by atoms with Gasteiger partial charge in [0.05, 0.1) is 5.69 Å². The van der Waals surface area contributed by atoms with E-state index in [9.17, 15) is 8.78 Å². The second-order valence-electron chi connectivity index (χ2n) is 9.49. The minimum absolute atomic E-state index is 0.193. The first-order valence-corrected chi connectivity index (χ1v) is 9.65. The molecule has 1 saturated carbocycles. The number of anilines is 1. The summed E-state index contributed by atoms with van der Waals surface area (Å²) in [5.74, 6) is 0.454. The Bertz CT molecular complexity index is 847. The summed E-state index contributed by atoms with van der Waals surface area (Å²) in [6.07, 6.45) is 0.667. The number of aromatic nitrogens is 2. The Morgan fingerprint density at radius 3 is 2.44 bits per heavy atom. The maximum Gasteiger partial charge on any atom is 0.280 e. The summed E-state index contributed by atoms with van der Waals surface area (Å²) in [6.45, 7) is 9.75. The molecule has 2 aromatic rings. The molecular weight excluding hydrogens is 344 g/mol. The van der Waals surface area contributed by atoms with Gasteiger partial charge in [-0.25, -0.2) is 18.7 Å². The molecule has 0 spiro atoms. The molecule has 0 unspecified atom stereocenters. The van der Waals surface area contributed by atoms with Gasteiger partial charge in [-0.3, -0.25) is 0 Å². The van der Waals surface area contributed by atoms with Crippen molar-refractivity contribution in [2.45, 2.75) is 59.4 Å². The molecule has 4 rings (SSSR count). The number of rotatable bonds is 3. The molecular formula is C22H27F2N3. The Hall–Kier alpha value is -2.04. The highest BCUT2D eigenvalue weighted by Gasteiger charge is 2.50. The molecule has 2 bridgehead atoms. The molecule has 1 aromatic heterocycles. The highest BCUT2D eigenvalue weighted by atomic mass is 19.3. The normalized spacial score (nSPS) is 26.6. The lowest BCUT2D eigenvalue weighted by Gasteiger charge is -2.39. The van der Waals surface area contributed by atoms with Crippen molar-refractivity contribution in [3.63, 3.8) is 0 Å². The van der Waals surface area contributed by atoms with Gasteiger partial charge in [-0.15, -0.1) is 0 Å². The summed E-state index contributed by atoms with van der Waals surface area (Å²) in [5.41, 5.74) is 2.81. The van der Waals surface area contributed by atoms with Crippen LogP contribution in [0, 0.1) is 17.8 Å². The zero-order chi connectivity index (χ0) is 19.4. The van der Waals surface area contributed by atoms with Crippen LogP contribution < -0.4 is 4.90 Å². The number of nitrogens with zero attached hydrogens (tertiary/aromatic N) is 3. The lowest BCUT2D eigenvalue weighted by Crippen LogP contribution is -2.35. The molecule has 3 nitrogen and oxygen atoms in total. The number of aryl methyl sites for hydroxylation is 1. The lowest BCUT2D eigenvalue weighted by atomic mass is 9.65. The Morgan fingerprint density at radius 2 is 1.78 bits per heavy atom. The molecule has 1 saturated heterocycles. The number of fused-ring (bicyclic) bond motifs is 2. The van der Waals surface area contributed by atoms with E-state index in [0.29, 0.717) is 17.7 Å². The number of alkyl halides is 2. The van der Waals surface area contributed by atoms with Crippen LogP contribution in [0.4, 0.5) is 14.7 Å². The van der Waals surface area contributed by atoms with Crippen molar-refractivity contribution in [1.29, 1.82) is 0 Å². The predicted octanol–water partition coefficient (Wildman–Crippen LogP) is 5.79. The maximum absolute atomic E-state index is 13.6. The van der Waals surface area contributed by atoms with Gasteiger partial charge in [-0.1, -0.05) is 50.6 Å². The average Bonchev–Trinajstić information content (AvgIpc) is 2.84. The van der Waals surface area contributed by atoms with Crippen LogP contribution in [-0.4, -0.2) is 22.6 Å². The smallest absolute Gasteiger partial charge is 0.280 e. The van der Waals surface area contributed by atoms with E-state index in [4.69, 9.17) is 4.98 Å². The molecule has 1 aliphatic carbocycles. The second kappa shape index (κ2) is 6.25. The third-order valence-corrected chi connectivity index (χ3v) is 5.98. The molecule has 27 heavy (non-hydrogen) atoms. The van der Waals surface area contributed by atoms with Gasteiger partial charge in [0.2, 0.25) is 5.95 Å². The molecule has 1 aliphatic heterocycles. The summed E-state index contributed by atoms with van der Waals surface area (Å²) in [4.78, 5) is 11.2. The summed E-state index contributed by atoms with van der Waals surface area (Å²) in [6, 6.07) is 9.56. The van der Waals surface area contributed by atoms with Crippen molar-refractivity contribution in [2.24, 2.45) is 10.8 Å². The zero-order valence-electron chi connectivity index (χ0n) is 16.5. The first-order valence-electron chi connectivity index (χ1n) is 9.65. The van der Waals surface area contributed by atoms with E-state index in [0.717, 1.165) is 36.9 Å². The van der Waals surface area contributed by atoms with Gasteiger partial charge in [0.1, 0.15) is 5.69 Å². The Labute approximate surface area is 159 Å². The highest BCUT2D eigenvalue weighted by molar-refractivity contribution is 5.62. The molecule has 0 amide bonds. The van der Waals surface area contributed by atoms with Crippen LogP contribution in [0.3, 0.4) is 0 Å². The fraction of sp³-hybridized carbons (Fsp3) is 0.545. The third-order valence-electron chi connectivity index (χ3n) is 5.98. The molecule has 2 fully saturated rings. The van der Waals surface area contributed by atoms with E-state index in [1.807, 2.05) is 31.2 Å². The lowest BCUT2D eigenvalue weighted by molar-refractivity contribution is 0.136. The largest absolute Gasteiger partial charge is 0.337 e. The van der Waals surface area contributed by atoms with Gasteiger partial charge in [0.15, 0.2) is 0 Å². The number of hydrogen-bond acceptors (Lipinski definition) is 3. The SMILES string of the molecule is Cc1ccc(-c2cc(C(F)F)nc(N3C[C@@]4(C)C[C@@H]3CC(C)(C)C4)n2)cc1. The van der Waals surface area contributed by atoms with Crippen LogP contribution in [-0.2, 0) is 0 Å². The van der Waals surface area contributed by atoms with E-state index in [-0.39, 0.29) is 16.5 Å². The van der Waals surface area contributed by atoms with Gasteiger partial charge in [-0.2, -0.15) is 0 Å². The van der Waals surface area contributed by atoms with E-state index < -0.39 is 6.43 Å². The van der Waals surface area contributed by atoms with Gasteiger partial charge in [0.25, 0.3) is 6.43 Å². The Balaban J connectivity index is 1.76. The van der Waals surface area contributed by atoms with Crippen LogP contribution in [0.2, 0.25) is 0 Å². The van der Waals surface area contributed by atoms with E-state index in [2.05, 4.69) is 30.7 Å². The third kappa shape index (κ3) is 3.56. The van der Waals surface area contributed by atoms with Crippen LogP contribution in [0.5, 0.6) is 0 Å². The average molecular weight is 371 g/mol. The van der Waals surface area contributed by atoms with Gasteiger partial charge >= 0.3 is 0 Å². The Morgan fingerprint density at radius 1 is 1.07 bits per heavy atom. The molecule has 2 atom stereocenters. The molecule has 5 heteroatoms. The molecule has 0 N–H and O–H groups in total. The topological polar surface area (TPSA) is 29.0 Å². The molecule has 2 aliphatic rings. The van der Waals surface area contributed by atoms with E-state index in [1.165, 1.54) is 6.07 Å². The van der Waals surface area contributed by atoms with Crippen LogP contribution in [0.15, 0.2) is 30.3 Å².